The van der Waals surface area contributed by atoms with Crippen molar-refractivity contribution in [3.63, 3.8) is 0 Å². The first-order chi connectivity index (χ1) is 8.70. The molecule has 1 aromatic carbocycles. The molecule has 0 amide bonds. The number of hydrogen-bond donors (Lipinski definition) is 0. The van der Waals surface area contributed by atoms with Crippen molar-refractivity contribution in [2.45, 2.75) is 6.54 Å². The lowest BCUT2D eigenvalue weighted by Gasteiger charge is -2.08. The van der Waals surface area contributed by atoms with Gasteiger partial charge in [-0.25, -0.2) is 0 Å². The van der Waals surface area contributed by atoms with Gasteiger partial charge in [0.1, 0.15) is 5.75 Å². The molecule has 1 aromatic heterocycles. The number of pyridine rings is 1. The largest absolute Gasteiger partial charge is 0.496 e. The summed E-state index contributed by atoms with van der Waals surface area (Å²) in [6.45, 7) is 0.181. The molecule has 0 fully saturated rings. The van der Waals surface area contributed by atoms with Crippen molar-refractivity contribution in [1.29, 1.82) is 0 Å². The van der Waals surface area contributed by atoms with Crippen LogP contribution in [0.1, 0.15) is 10.4 Å². The van der Waals surface area contributed by atoms with Crippen LogP contribution in [0, 0.1) is 0 Å². The van der Waals surface area contributed by atoms with Crippen LogP contribution in [0.25, 0.3) is 0 Å². The van der Waals surface area contributed by atoms with E-state index in [-0.39, 0.29) is 17.8 Å². The topological polar surface area (TPSA) is 48.3 Å². The highest BCUT2D eigenvalue weighted by molar-refractivity contribution is 5.98. The molecule has 4 nitrogen and oxygen atoms in total. The molecule has 0 saturated carbocycles. The normalized spacial score (nSPS) is 10.1. The quantitative estimate of drug-likeness (QED) is 0.768. The average Bonchev–Trinajstić information content (AvgIpc) is 2.41. The summed E-state index contributed by atoms with van der Waals surface area (Å²) in [6.07, 6.45) is 3.19. The summed E-state index contributed by atoms with van der Waals surface area (Å²) < 4.78 is 6.81. The number of ketones is 1. The van der Waals surface area contributed by atoms with Gasteiger partial charge in [0.2, 0.25) is 0 Å². The van der Waals surface area contributed by atoms with Gasteiger partial charge in [0.25, 0.3) is 0 Å². The summed E-state index contributed by atoms with van der Waals surface area (Å²) in [7, 11) is 1.53. The molecule has 0 aliphatic carbocycles. The van der Waals surface area contributed by atoms with Crippen molar-refractivity contribution >= 4 is 5.78 Å². The van der Waals surface area contributed by atoms with Gasteiger partial charge in [0, 0.05) is 24.5 Å². The lowest BCUT2D eigenvalue weighted by atomic mass is 10.1. The zero-order valence-electron chi connectivity index (χ0n) is 10.00. The maximum atomic E-state index is 12.1. The molecule has 0 bridgehead atoms. The van der Waals surface area contributed by atoms with Gasteiger partial charge in [-0.15, -0.1) is 0 Å². The van der Waals surface area contributed by atoms with Crippen molar-refractivity contribution in [3.8, 4) is 5.75 Å². The average molecular weight is 243 g/mol. The fourth-order valence-corrected chi connectivity index (χ4v) is 1.68. The van der Waals surface area contributed by atoms with Crippen LogP contribution in [0.2, 0.25) is 0 Å². The summed E-state index contributed by atoms with van der Waals surface area (Å²) in [5, 5.41) is 0. The zero-order chi connectivity index (χ0) is 13.0. The third-order valence-electron chi connectivity index (χ3n) is 2.59. The van der Waals surface area contributed by atoms with Crippen molar-refractivity contribution in [2.75, 3.05) is 7.11 Å². The summed E-state index contributed by atoms with van der Waals surface area (Å²) >= 11 is 0. The molecule has 18 heavy (non-hydrogen) atoms. The minimum absolute atomic E-state index is 0.0592. The maximum absolute atomic E-state index is 12.1. The van der Waals surface area contributed by atoms with Crippen LogP contribution in [0.3, 0.4) is 0 Å². The summed E-state index contributed by atoms with van der Waals surface area (Å²) in [5.41, 5.74) is 0.467. The van der Waals surface area contributed by atoms with Gasteiger partial charge in [-0.2, -0.15) is 0 Å². The minimum atomic E-state index is -0.0732. The number of carbonyl (C=O) groups is 1. The lowest BCUT2D eigenvalue weighted by molar-refractivity contribution is 0.0969. The first-order valence-corrected chi connectivity index (χ1v) is 5.53. The van der Waals surface area contributed by atoms with Crippen molar-refractivity contribution in [3.05, 3.63) is 64.6 Å². The van der Waals surface area contributed by atoms with Crippen LogP contribution in [0.15, 0.2) is 53.6 Å². The molecule has 0 N–H and O–H groups in total. The Balaban J connectivity index is 2.21. The molecule has 2 rings (SSSR count). The first kappa shape index (κ1) is 12.1. The van der Waals surface area contributed by atoms with Crippen LogP contribution < -0.4 is 10.2 Å². The Kier molecular flexibility index (Phi) is 3.57. The number of rotatable bonds is 4. The Labute approximate surface area is 104 Å². The van der Waals surface area contributed by atoms with Crippen LogP contribution >= 0.6 is 0 Å². The van der Waals surface area contributed by atoms with Gasteiger partial charge in [0.15, 0.2) is 11.2 Å². The van der Waals surface area contributed by atoms with Gasteiger partial charge in [-0.3, -0.25) is 9.59 Å². The van der Waals surface area contributed by atoms with Gasteiger partial charge in [0.05, 0.1) is 19.2 Å². The molecular weight excluding hydrogens is 230 g/mol. The number of methoxy groups -OCH3 is 1. The van der Waals surface area contributed by atoms with E-state index in [1.165, 1.54) is 19.2 Å². The molecule has 0 unspecified atom stereocenters. The van der Waals surface area contributed by atoms with E-state index in [0.29, 0.717) is 11.3 Å². The van der Waals surface area contributed by atoms with E-state index >= 15 is 0 Å². The summed E-state index contributed by atoms with van der Waals surface area (Å²) in [6, 6.07) is 9.93. The zero-order valence-corrected chi connectivity index (χ0v) is 10.00. The molecule has 92 valence electrons. The second-order valence-corrected chi connectivity index (χ2v) is 3.83. The van der Waals surface area contributed by atoms with Crippen LogP contribution in [0.5, 0.6) is 5.75 Å². The van der Waals surface area contributed by atoms with E-state index in [2.05, 4.69) is 0 Å². The Morgan fingerprint density at radius 1 is 1.17 bits per heavy atom. The SMILES string of the molecule is COc1ccccc1C(=O)Cn1ccc(=O)cc1. The van der Waals surface area contributed by atoms with Crippen LogP contribution in [-0.4, -0.2) is 17.5 Å². The molecule has 1 heterocycles. The van der Waals surface area contributed by atoms with Crippen LogP contribution in [-0.2, 0) is 6.54 Å². The molecular formula is C14H13NO3. The van der Waals surface area contributed by atoms with Crippen molar-refractivity contribution in [2.24, 2.45) is 0 Å². The highest BCUT2D eigenvalue weighted by Crippen LogP contribution is 2.18. The van der Waals surface area contributed by atoms with Gasteiger partial charge in [-0.05, 0) is 12.1 Å². The number of para-hydroxylation sites is 1. The van der Waals surface area contributed by atoms with Gasteiger partial charge < -0.3 is 9.30 Å². The number of hydrogen-bond acceptors (Lipinski definition) is 3. The molecule has 0 aliphatic heterocycles. The molecule has 4 heteroatoms. The van der Waals surface area contributed by atoms with E-state index in [9.17, 15) is 9.59 Å². The summed E-state index contributed by atoms with van der Waals surface area (Å²) in [4.78, 5) is 23.1. The second kappa shape index (κ2) is 5.31. The smallest absolute Gasteiger partial charge is 0.186 e. The molecule has 2 aromatic rings. The third kappa shape index (κ3) is 2.66. The number of Topliss-reactive ketones (excluding diaryl/α,β-unsaturated/α-hetero) is 1. The van der Waals surface area contributed by atoms with Crippen LogP contribution in [0.4, 0.5) is 0 Å². The fraction of sp³-hybridized carbons (Fsp3) is 0.143. The van der Waals surface area contributed by atoms with E-state index in [4.69, 9.17) is 4.74 Å². The Bertz CT molecular complexity index is 596. The van der Waals surface area contributed by atoms with E-state index in [1.54, 1.807) is 35.2 Å². The highest BCUT2D eigenvalue weighted by Gasteiger charge is 2.11. The number of carbonyl (C=O) groups excluding carboxylic acids is 1. The fourth-order valence-electron chi connectivity index (χ4n) is 1.68. The highest BCUT2D eigenvalue weighted by atomic mass is 16.5. The molecule has 0 atom stereocenters. The molecule has 0 aliphatic rings. The Morgan fingerprint density at radius 3 is 2.50 bits per heavy atom. The molecule has 0 spiro atoms. The molecule has 0 saturated heterocycles. The third-order valence-corrected chi connectivity index (χ3v) is 2.59. The van der Waals surface area contributed by atoms with E-state index in [1.807, 2.05) is 6.07 Å². The van der Waals surface area contributed by atoms with Crippen molar-refractivity contribution < 1.29 is 9.53 Å². The number of benzene rings is 1. The van der Waals surface area contributed by atoms with Gasteiger partial charge in [-0.1, -0.05) is 12.1 Å². The Hall–Kier alpha value is -2.36. The summed E-state index contributed by atoms with van der Waals surface area (Å²) in [5.74, 6) is 0.500. The lowest BCUT2D eigenvalue weighted by Crippen LogP contribution is -2.12. The second-order valence-electron chi connectivity index (χ2n) is 3.83. The monoisotopic (exact) mass is 243 g/mol. The standard InChI is InChI=1S/C14H13NO3/c1-18-14-5-3-2-4-12(14)13(17)10-15-8-6-11(16)7-9-15/h2-9H,10H2,1H3. The van der Waals surface area contributed by atoms with Gasteiger partial charge >= 0.3 is 0 Å². The van der Waals surface area contributed by atoms with E-state index < -0.39 is 0 Å². The molecule has 0 radical (unpaired) electrons. The van der Waals surface area contributed by atoms with E-state index in [0.717, 1.165) is 0 Å². The Morgan fingerprint density at radius 2 is 1.83 bits per heavy atom. The minimum Gasteiger partial charge on any atom is -0.496 e. The number of ether oxygens (including phenoxy) is 1. The maximum Gasteiger partial charge on any atom is 0.186 e. The number of nitrogens with zero attached hydrogens (tertiary/aromatic N) is 1. The first-order valence-electron chi connectivity index (χ1n) is 5.53. The predicted molar refractivity (Wildman–Crippen MR) is 68.0 cm³/mol. The van der Waals surface area contributed by atoms with Crippen molar-refractivity contribution in [1.82, 2.24) is 4.57 Å². The predicted octanol–water partition coefficient (Wildman–Crippen LogP) is 1.74. The number of aromatic nitrogens is 1.